The summed E-state index contributed by atoms with van der Waals surface area (Å²) in [5.41, 5.74) is 8.78. The highest BCUT2D eigenvalue weighted by Gasteiger charge is 2.19. The molecule has 0 bridgehead atoms. The lowest BCUT2D eigenvalue weighted by molar-refractivity contribution is 0.00398. The fourth-order valence-corrected chi connectivity index (χ4v) is 2.54. The highest BCUT2D eigenvalue weighted by molar-refractivity contribution is 5.73. The maximum absolute atomic E-state index is 6.14. The number of para-hydroxylation sites is 1. The zero-order chi connectivity index (χ0) is 13.9. The van der Waals surface area contributed by atoms with Gasteiger partial charge in [0, 0.05) is 17.9 Å². The monoisotopic (exact) mass is 273 g/mol. The molecule has 0 aliphatic carbocycles. The largest absolute Gasteiger partial charge is 0.398 e. The average Bonchev–Trinajstić information content (AvgIpc) is 2.91. The third-order valence-corrected chi connectivity index (χ3v) is 3.75. The second kappa shape index (κ2) is 5.58. The Hall–Kier alpha value is -1.95. The van der Waals surface area contributed by atoms with Crippen LogP contribution < -0.4 is 5.73 Å². The molecular formula is C14H19N5O. The summed E-state index contributed by atoms with van der Waals surface area (Å²) in [6.07, 6.45) is 3.60. The van der Waals surface area contributed by atoms with E-state index in [-0.39, 0.29) is 6.10 Å². The van der Waals surface area contributed by atoms with Crippen molar-refractivity contribution >= 4 is 5.69 Å². The van der Waals surface area contributed by atoms with Crippen LogP contribution in [-0.4, -0.2) is 32.9 Å². The molecule has 1 fully saturated rings. The summed E-state index contributed by atoms with van der Waals surface area (Å²) in [6.45, 7) is 3.49. The number of nitrogens with two attached hydrogens (primary N) is 1. The first-order chi connectivity index (χ1) is 9.75. The van der Waals surface area contributed by atoms with E-state index in [0.29, 0.717) is 12.4 Å². The van der Waals surface area contributed by atoms with Crippen molar-refractivity contribution < 1.29 is 4.74 Å². The molecule has 2 aromatic rings. The molecule has 6 nitrogen and oxygen atoms in total. The fourth-order valence-electron chi connectivity index (χ4n) is 2.54. The second-order valence-corrected chi connectivity index (χ2v) is 5.21. The van der Waals surface area contributed by atoms with Crippen molar-refractivity contribution in [2.45, 2.75) is 38.8 Å². The third kappa shape index (κ3) is 2.51. The van der Waals surface area contributed by atoms with Gasteiger partial charge in [-0.15, -0.1) is 5.10 Å². The summed E-state index contributed by atoms with van der Waals surface area (Å²) in [7, 11) is 0. The van der Waals surface area contributed by atoms with Crippen molar-refractivity contribution in [3.8, 4) is 11.4 Å². The molecule has 1 aromatic carbocycles. The van der Waals surface area contributed by atoms with E-state index < -0.39 is 0 Å². The number of rotatable bonds is 3. The smallest absolute Gasteiger partial charge is 0.184 e. The van der Waals surface area contributed by atoms with Crippen molar-refractivity contribution in [1.29, 1.82) is 0 Å². The van der Waals surface area contributed by atoms with Gasteiger partial charge in [0.05, 0.1) is 12.6 Å². The van der Waals surface area contributed by atoms with Crippen LogP contribution in [0.4, 0.5) is 5.69 Å². The topological polar surface area (TPSA) is 78.8 Å². The Morgan fingerprint density at radius 3 is 3.10 bits per heavy atom. The molecular weight excluding hydrogens is 254 g/mol. The molecule has 1 aromatic heterocycles. The molecule has 0 spiro atoms. The number of hydrogen-bond donors (Lipinski definition) is 1. The molecule has 0 amide bonds. The quantitative estimate of drug-likeness (QED) is 0.863. The molecule has 106 valence electrons. The van der Waals surface area contributed by atoms with E-state index >= 15 is 0 Å². The number of tetrazole rings is 1. The van der Waals surface area contributed by atoms with Gasteiger partial charge in [0.2, 0.25) is 0 Å². The maximum atomic E-state index is 6.14. The van der Waals surface area contributed by atoms with Gasteiger partial charge in [-0.1, -0.05) is 12.1 Å². The van der Waals surface area contributed by atoms with Gasteiger partial charge >= 0.3 is 0 Å². The van der Waals surface area contributed by atoms with E-state index in [2.05, 4.69) is 15.5 Å². The number of nitrogen functional groups attached to an aromatic ring is 1. The van der Waals surface area contributed by atoms with E-state index in [4.69, 9.17) is 10.5 Å². The van der Waals surface area contributed by atoms with Crippen LogP contribution in [0.25, 0.3) is 11.4 Å². The average molecular weight is 273 g/mol. The second-order valence-electron chi connectivity index (χ2n) is 5.21. The predicted molar refractivity (Wildman–Crippen MR) is 76.0 cm³/mol. The van der Waals surface area contributed by atoms with E-state index in [1.165, 1.54) is 6.42 Å². The van der Waals surface area contributed by atoms with Gasteiger partial charge in [-0.05, 0) is 48.2 Å². The van der Waals surface area contributed by atoms with E-state index in [9.17, 15) is 0 Å². The van der Waals surface area contributed by atoms with E-state index in [1.54, 1.807) is 4.68 Å². The van der Waals surface area contributed by atoms with Crippen molar-refractivity contribution in [1.82, 2.24) is 20.2 Å². The summed E-state index contributed by atoms with van der Waals surface area (Å²) in [4.78, 5) is 0. The molecule has 1 aliphatic heterocycles. The lowest BCUT2D eigenvalue weighted by Gasteiger charge is -2.22. The Kier molecular flexibility index (Phi) is 3.64. The zero-order valence-electron chi connectivity index (χ0n) is 11.6. The van der Waals surface area contributed by atoms with Crippen LogP contribution >= 0.6 is 0 Å². The van der Waals surface area contributed by atoms with Crippen LogP contribution in [-0.2, 0) is 11.3 Å². The molecule has 2 heterocycles. The Labute approximate surface area is 117 Å². The molecule has 1 saturated heterocycles. The molecule has 6 heteroatoms. The minimum Gasteiger partial charge on any atom is -0.398 e. The Bertz CT molecular complexity index is 589. The Morgan fingerprint density at radius 1 is 1.40 bits per heavy atom. The summed E-state index contributed by atoms with van der Waals surface area (Å²) >= 11 is 0. The standard InChI is InChI=1S/C14H19N5O/c1-10-5-4-7-12(13(10)15)14-16-17-18-19(14)9-11-6-2-3-8-20-11/h4-5,7,11H,2-3,6,8-9,15H2,1H3. The van der Waals surface area contributed by atoms with E-state index in [0.717, 1.165) is 36.3 Å². The van der Waals surface area contributed by atoms with Crippen LogP contribution in [0.5, 0.6) is 0 Å². The molecule has 3 rings (SSSR count). The summed E-state index contributed by atoms with van der Waals surface area (Å²) in [5.74, 6) is 0.709. The SMILES string of the molecule is Cc1cccc(-c2nnnn2CC2CCCCO2)c1N. The van der Waals surface area contributed by atoms with Gasteiger partial charge in [0.15, 0.2) is 5.82 Å². The number of nitrogens with zero attached hydrogens (tertiary/aromatic N) is 4. The molecule has 20 heavy (non-hydrogen) atoms. The normalized spacial score (nSPS) is 19.1. The Morgan fingerprint density at radius 2 is 2.30 bits per heavy atom. The summed E-state index contributed by atoms with van der Waals surface area (Å²) in [5, 5.41) is 12.0. The van der Waals surface area contributed by atoms with Crippen LogP contribution in [0.15, 0.2) is 18.2 Å². The van der Waals surface area contributed by atoms with Gasteiger partial charge in [0.25, 0.3) is 0 Å². The van der Waals surface area contributed by atoms with Crippen molar-refractivity contribution in [3.05, 3.63) is 23.8 Å². The molecule has 0 radical (unpaired) electrons. The van der Waals surface area contributed by atoms with Crippen molar-refractivity contribution in [2.24, 2.45) is 0 Å². The molecule has 1 aliphatic rings. The maximum Gasteiger partial charge on any atom is 0.184 e. The van der Waals surface area contributed by atoms with Gasteiger partial charge < -0.3 is 10.5 Å². The molecule has 1 unspecified atom stereocenters. The lowest BCUT2D eigenvalue weighted by Crippen LogP contribution is -2.25. The number of ether oxygens (including phenoxy) is 1. The predicted octanol–water partition coefficient (Wildman–Crippen LogP) is 1.80. The third-order valence-electron chi connectivity index (χ3n) is 3.75. The first kappa shape index (κ1) is 13.1. The molecule has 0 saturated carbocycles. The number of anilines is 1. The van der Waals surface area contributed by atoms with Gasteiger partial charge in [-0.25, -0.2) is 4.68 Å². The molecule has 2 N–H and O–H groups in total. The van der Waals surface area contributed by atoms with Crippen LogP contribution in [0.1, 0.15) is 24.8 Å². The molecule has 1 atom stereocenters. The fraction of sp³-hybridized carbons (Fsp3) is 0.500. The number of benzene rings is 1. The lowest BCUT2D eigenvalue weighted by atomic mass is 10.1. The van der Waals surface area contributed by atoms with Crippen molar-refractivity contribution in [3.63, 3.8) is 0 Å². The summed E-state index contributed by atoms with van der Waals surface area (Å²) in [6, 6.07) is 5.90. The zero-order valence-corrected chi connectivity index (χ0v) is 11.6. The number of hydrogen-bond acceptors (Lipinski definition) is 5. The van der Waals surface area contributed by atoms with Crippen LogP contribution in [0.3, 0.4) is 0 Å². The Balaban J connectivity index is 1.87. The van der Waals surface area contributed by atoms with Crippen LogP contribution in [0, 0.1) is 6.92 Å². The number of aryl methyl sites for hydroxylation is 1. The van der Waals surface area contributed by atoms with Gasteiger partial charge in [-0.2, -0.15) is 0 Å². The summed E-state index contributed by atoms with van der Waals surface area (Å²) < 4.78 is 7.54. The van der Waals surface area contributed by atoms with Gasteiger partial charge in [0.1, 0.15) is 0 Å². The van der Waals surface area contributed by atoms with Crippen LogP contribution in [0.2, 0.25) is 0 Å². The first-order valence-electron chi connectivity index (χ1n) is 6.99. The minimum atomic E-state index is 0.192. The minimum absolute atomic E-state index is 0.192. The van der Waals surface area contributed by atoms with Gasteiger partial charge in [-0.3, -0.25) is 0 Å². The number of aromatic nitrogens is 4. The van der Waals surface area contributed by atoms with E-state index in [1.807, 2.05) is 25.1 Å². The van der Waals surface area contributed by atoms with Crippen molar-refractivity contribution in [2.75, 3.05) is 12.3 Å². The highest BCUT2D eigenvalue weighted by Crippen LogP contribution is 2.26. The first-order valence-corrected chi connectivity index (χ1v) is 6.99. The highest BCUT2D eigenvalue weighted by atomic mass is 16.5.